The van der Waals surface area contributed by atoms with Crippen LogP contribution in [0.2, 0.25) is 0 Å². The molecule has 96 valence electrons. The Hall–Kier alpha value is -0.0800. The standard InChI is InChI=1S/C14H29NO/c1-12(2)7-6-10-16-13(3)11-15-14-8-4-5-9-14/h12-15H,4-11H2,1-3H3. The molecule has 1 aliphatic carbocycles. The summed E-state index contributed by atoms with van der Waals surface area (Å²) in [5.74, 6) is 0.801. The first kappa shape index (κ1) is 14.0. The van der Waals surface area contributed by atoms with E-state index in [-0.39, 0.29) is 0 Å². The summed E-state index contributed by atoms with van der Waals surface area (Å²) < 4.78 is 5.79. The second kappa shape index (κ2) is 8.08. The average molecular weight is 227 g/mol. The van der Waals surface area contributed by atoms with Crippen molar-refractivity contribution in [1.82, 2.24) is 5.32 Å². The first-order valence-corrected chi connectivity index (χ1v) is 7.03. The van der Waals surface area contributed by atoms with E-state index < -0.39 is 0 Å². The lowest BCUT2D eigenvalue weighted by Gasteiger charge is -2.17. The van der Waals surface area contributed by atoms with Crippen LogP contribution in [0.4, 0.5) is 0 Å². The van der Waals surface area contributed by atoms with Gasteiger partial charge < -0.3 is 10.1 Å². The molecule has 2 nitrogen and oxygen atoms in total. The van der Waals surface area contributed by atoms with E-state index in [1.807, 2.05) is 0 Å². The number of rotatable bonds is 8. The smallest absolute Gasteiger partial charge is 0.0671 e. The number of hydrogen-bond acceptors (Lipinski definition) is 2. The van der Waals surface area contributed by atoms with E-state index >= 15 is 0 Å². The largest absolute Gasteiger partial charge is 0.377 e. The fourth-order valence-electron chi connectivity index (χ4n) is 2.30. The van der Waals surface area contributed by atoms with Gasteiger partial charge in [-0.25, -0.2) is 0 Å². The van der Waals surface area contributed by atoms with E-state index in [0.29, 0.717) is 6.10 Å². The summed E-state index contributed by atoms with van der Waals surface area (Å²) in [6, 6.07) is 0.765. The minimum absolute atomic E-state index is 0.368. The predicted molar refractivity (Wildman–Crippen MR) is 69.7 cm³/mol. The Balaban J connectivity index is 1.91. The maximum atomic E-state index is 5.79. The minimum Gasteiger partial charge on any atom is -0.377 e. The number of ether oxygens (including phenoxy) is 1. The van der Waals surface area contributed by atoms with Crippen LogP contribution in [-0.4, -0.2) is 25.3 Å². The third-order valence-corrected chi connectivity index (χ3v) is 3.38. The maximum Gasteiger partial charge on any atom is 0.0671 e. The van der Waals surface area contributed by atoms with Crippen molar-refractivity contribution in [2.24, 2.45) is 5.92 Å². The number of hydrogen-bond donors (Lipinski definition) is 1. The lowest BCUT2D eigenvalue weighted by molar-refractivity contribution is 0.0600. The second-order valence-electron chi connectivity index (χ2n) is 5.61. The summed E-state index contributed by atoms with van der Waals surface area (Å²) in [5, 5.41) is 3.61. The SMILES string of the molecule is CC(C)CCCOC(C)CNC1CCCC1. The van der Waals surface area contributed by atoms with Crippen LogP contribution in [0.15, 0.2) is 0 Å². The third kappa shape index (κ3) is 6.49. The van der Waals surface area contributed by atoms with Crippen molar-refractivity contribution in [1.29, 1.82) is 0 Å². The van der Waals surface area contributed by atoms with Gasteiger partial charge in [-0.15, -0.1) is 0 Å². The van der Waals surface area contributed by atoms with E-state index in [1.54, 1.807) is 0 Å². The molecule has 0 aromatic heterocycles. The lowest BCUT2D eigenvalue weighted by Crippen LogP contribution is -2.34. The van der Waals surface area contributed by atoms with E-state index in [0.717, 1.165) is 25.1 Å². The van der Waals surface area contributed by atoms with Gasteiger partial charge in [-0.2, -0.15) is 0 Å². The van der Waals surface area contributed by atoms with Crippen molar-refractivity contribution >= 4 is 0 Å². The van der Waals surface area contributed by atoms with Gasteiger partial charge in [0.15, 0.2) is 0 Å². The van der Waals surface area contributed by atoms with Crippen LogP contribution < -0.4 is 5.32 Å². The summed E-state index contributed by atoms with van der Waals surface area (Å²) in [6.45, 7) is 8.66. The Morgan fingerprint density at radius 2 is 1.88 bits per heavy atom. The van der Waals surface area contributed by atoms with Crippen LogP contribution in [-0.2, 0) is 4.74 Å². The van der Waals surface area contributed by atoms with E-state index in [1.165, 1.54) is 38.5 Å². The number of nitrogens with one attached hydrogen (secondary N) is 1. The molecule has 0 amide bonds. The Labute approximate surface area is 101 Å². The summed E-state index contributed by atoms with van der Waals surface area (Å²) in [7, 11) is 0. The van der Waals surface area contributed by atoms with Crippen molar-refractivity contribution in [3.63, 3.8) is 0 Å². The molecule has 0 aromatic rings. The van der Waals surface area contributed by atoms with Crippen LogP contribution >= 0.6 is 0 Å². The molecular weight excluding hydrogens is 198 g/mol. The molecule has 1 rings (SSSR count). The van der Waals surface area contributed by atoms with Gasteiger partial charge in [-0.1, -0.05) is 26.7 Å². The molecule has 0 aliphatic heterocycles. The molecule has 2 heteroatoms. The van der Waals surface area contributed by atoms with Crippen molar-refractivity contribution in [2.75, 3.05) is 13.2 Å². The zero-order valence-corrected chi connectivity index (χ0v) is 11.3. The molecule has 0 aromatic carbocycles. The molecule has 1 unspecified atom stereocenters. The molecular formula is C14H29NO. The minimum atomic E-state index is 0.368. The van der Waals surface area contributed by atoms with E-state index in [2.05, 4.69) is 26.1 Å². The zero-order valence-electron chi connectivity index (χ0n) is 11.3. The molecule has 1 fully saturated rings. The molecule has 1 saturated carbocycles. The van der Waals surface area contributed by atoms with E-state index in [9.17, 15) is 0 Å². The summed E-state index contributed by atoms with van der Waals surface area (Å²) in [5.41, 5.74) is 0. The predicted octanol–water partition coefficient (Wildman–Crippen LogP) is 3.36. The summed E-state index contributed by atoms with van der Waals surface area (Å²) in [6.07, 6.45) is 8.38. The van der Waals surface area contributed by atoms with Gasteiger partial charge in [-0.05, 0) is 38.5 Å². The van der Waals surface area contributed by atoms with Gasteiger partial charge in [-0.3, -0.25) is 0 Å². The van der Waals surface area contributed by atoms with Gasteiger partial charge in [0, 0.05) is 19.2 Å². The van der Waals surface area contributed by atoms with Crippen LogP contribution in [0.3, 0.4) is 0 Å². The van der Waals surface area contributed by atoms with Gasteiger partial charge in [0.25, 0.3) is 0 Å². The van der Waals surface area contributed by atoms with Gasteiger partial charge in [0.2, 0.25) is 0 Å². The van der Waals surface area contributed by atoms with Crippen molar-refractivity contribution in [3.8, 4) is 0 Å². The summed E-state index contributed by atoms with van der Waals surface area (Å²) in [4.78, 5) is 0. The van der Waals surface area contributed by atoms with Crippen LogP contribution in [0, 0.1) is 5.92 Å². The lowest BCUT2D eigenvalue weighted by atomic mass is 10.1. The molecule has 1 N–H and O–H groups in total. The molecule has 1 aliphatic rings. The molecule has 0 heterocycles. The van der Waals surface area contributed by atoms with Gasteiger partial charge >= 0.3 is 0 Å². The highest BCUT2D eigenvalue weighted by Crippen LogP contribution is 2.17. The molecule has 0 spiro atoms. The highest BCUT2D eigenvalue weighted by Gasteiger charge is 2.14. The van der Waals surface area contributed by atoms with Crippen molar-refractivity contribution in [3.05, 3.63) is 0 Å². The molecule has 0 bridgehead atoms. The molecule has 1 atom stereocenters. The van der Waals surface area contributed by atoms with Crippen molar-refractivity contribution < 1.29 is 4.74 Å². The fourth-order valence-corrected chi connectivity index (χ4v) is 2.30. The fraction of sp³-hybridized carbons (Fsp3) is 1.00. The normalized spacial score (nSPS) is 19.5. The van der Waals surface area contributed by atoms with Gasteiger partial charge in [0.05, 0.1) is 6.10 Å². The second-order valence-corrected chi connectivity index (χ2v) is 5.61. The zero-order chi connectivity index (χ0) is 11.8. The topological polar surface area (TPSA) is 21.3 Å². The van der Waals surface area contributed by atoms with Crippen LogP contribution in [0.5, 0.6) is 0 Å². The van der Waals surface area contributed by atoms with Crippen molar-refractivity contribution in [2.45, 2.75) is 71.4 Å². The summed E-state index contributed by atoms with van der Waals surface area (Å²) >= 11 is 0. The third-order valence-electron chi connectivity index (χ3n) is 3.38. The monoisotopic (exact) mass is 227 g/mol. The molecule has 16 heavy (non-hydrogen) atoms. The highest BCUT2D eigenvalue weighted by molar-refractivity contribution is 4.74. The Morgan fingerprint density at radius 3 is 2.50 bits per heavy atom. The quantitative estimate of drug-likeness (QED) is 0.642. The maximum absolute atomic E-state index is 5.79. The van der Waals surface area contributed by atoms with Crippen LogP contribution in [0.1, 0.15) is 59.3 Å². The highest BCUT2D eigenvalue weighted by atomic mass is 16.5. The first-order chi connectivity index (χ1) is 7.68. The Morgan fingerprint density at radius 1 is 1.19 bits per heavy atom. The van der Waals surface area contributed by atoms with Gasteiger partial charge in [0.1, 0.15) is 0 Å². The Kier molecular flexibility index (Phi) is 7.06. The first-order valence-electron chi connectivity index (χ1n) is 7.03. The molecule has 0 radical (unpaired) electrons. The average Bonchev–Trinajstić information content (AvgIpc) is 2.74. The van der Waals surface area contributed by atoms with E-state index in [4.69, 9.17) is 4.74 Å². The van der Waals surface area contributed by atoms with Crippen LogP contribution in [0.25, 0.3) is 0 Å². The Bertz CT molecular complexity index is 164. The molecule has 0 saturated heterocycles.